The van der Waals surface area contributed by atoms with E-state index in [1.54, 1.807) is 14.0 Å². The van der Waals surface area contributed by atoms with Crippen LogP contribution in [-0.2, 0) is 0 Å². The zero-order valence-electron chi connectivity index (χ0n) is 7.01. The van der Waals surface area contributed by atoms with Crippen LogP contribution in [0, 0.1) is 40.4 Å². The molecule has 0 fully saturated rings. The van der Waals surface area contributed by atoms with Crippen molar-refractivity contribution >= 4 is 5.71 Å². The second-order valence-electron chi connectivity index (χ2n) is 2.44. The molecule has 0 aromatic heterocycles. The van der Waals surface area contributed by atoms with Crippen molar-refractivity contribution in [2.75, 3.05) is 7.05 Å². The van der Waals surface area contributed by atoms with Crippen molar-refractivity contribution in [2.24, 2.45) is 4.99 Å². The Balaban J connectivity index is 0. The Bertz CT molecular complexity index is 121. The molecule has 0 rings (SSSR count). The van der Waals surface area contributed by atoms with Crippen molar-refractivity contribution in [1.82, 2.24) is 0 Å². The summed E-state index contributed by atoms with van der Waals surface area (Å²) in [5, 5.41) is 9.46. The number of aliphatic imine (C=N–C) groups is 1. The molecule has 3 heteroatoms. The van der Waals surface area contributed by atoms with E-state index in [2.05, 4.69) is 4.99 Å². The summed E-state index contributed by atoms with van der Waals surface area (Å²) in [6.07, 6.45) is 0.718. The van der Waals surface area contributed by atoms with Gasteiger partial charge in [0, 0.05) is 53.1 Å². The van der Waals surface area contributed by atoms with Crippen LogP contribution in [-0.4, -0.2) is 23.5 Å². The van der Waals surface area contributed by atoms with Gasteiger partial charge >= 0.3 is 0 Å². The second-order valence-corrected chi connectivity index (χ2v) is 2.44. The van der Waals surface area contributed by atoms with Crippen LogP contribution < -0.4 is 0 Å². The number of rotatable bonds is 2. The third-order valence-corrected chi connectivity index (χ3v) is 1.80. The van der Waals surface area contributed by atoms with Gasteiger partial charge in [-0.1, -0.05) is 6.92 Å². The zero-order valence-corrected chi connectivity index (χ0v) is 9.63. The predicted octanol–water partition coefficient (Wildman–Crippen LogP) is 1.24. The zero-order chi connectivity index (χ0) is 7.49. The fourth-order valence-electron chi connectivity index (χ4n) is 0.497. The maximum Gasteiger partial charge on any atom is 0.0988 e. The molecule has 0 aliphatic carbocycles. The summed E-state index contributed by atoms with van der Waals surface area (Å²) >= 11 is 0. The molecule has 1 atom stereocenters. The third-order valence-electron chi connectivity index (χ3n) is 1.80. The van der Waals surface area contributed by atoms with E-state index in [1.807, 2.05) is 13.8 Å². The maximum absolute atomic E-state index is 9.46. The van der Waals surface area contributed by atoms with E-state index in [-0.39, 0.29) is 40.4 Å². The Labute approximate surface area is 95.2 Å². The fraction of sp³-hybridized carbons (Fsp3) is 0.857. The number of hydrogen-bond acceptors (Lipinski definition) is 2. The average molecular weight is 280 g/mol. The molecule has 0 aromatic rings. The molecule has 0 heterocycles. The summed E-state index contributed by atoms with van der Waals surface area (Å²) in [7, 11) is 1.69. The summed E-state index contributed by atoms with van der Waals surface area (Å²) in [4.78, 5) is 3.90. The molecule has 0 radical (unpaired) electrons. The van der Waals surface area contributed by atoms with Gasteiger partial charge in [0.1, 0.15) is 0 Å². The standard InChI is InChI=1S/C7H15NO.Sm/c1-5-7(3,9)6(2)8-4;/h9H,5H2,1-4H3;. The van der Waals surface area contributed by atoms with Gasteiger partial charge in [-0.05, 0) is 20.3 Å². The average Bonchev–Trinajstić information content (AvgIpc) is 1.86. The predicted molar refractivity (Wildman–Crippen MR) is 39.9 cm³/mol. The number of nitrogens with zero attached hydrogens (tertiary/aromatic N) is 1. The first-order valence-electron chi connectivity index (χ1n) is 3.21. The van der Waals surface area contributed by atoms with E-state index in [9.17, 15) is 5.11 Å². The normalized spacial score (nSPS) is 17.5. The molecule has 1 N–H and O–H groups in total. The number of hydrogen-bond donors (Lipinski definition) is 1. The summed E-state index contributed by atoms with van der Waals surface area (Å²) in [6.45, 7) is 5.55. The van der Waals surface area contributed by atoms with E-state index in [4.69, 9.17) is 0 Å². The molecule has 0 saturated carbocycles. The van der Waals surface area contributed by atoms with Crippen LogP contribution in [0.5, 0.6) is 0 Å². The second kappa shape index (κ2) is 5.60. The Morgan fingerprint density at radius 3 is 2.10 bits per heavy atom. The van der Waals surface area contributed by atoms with Crippen molar-refractivity contribution in [2.45, 2.75) is 32.8 Å². The largest absolute Gasteiger partial charge is 0.384 e. The van der Waals surface area contributed by atoms with Crippen molar-refractivity contribution in [3.8, 4) is 0 Å². The van der Waals surface area contributed by atoms with Gasteiger partial charge in [0.2, 0.25) is 0 Å². The first-order chi connectivity index (χ1) is 4.04. The summed E-state index contributed by atoms with van der Waals surface area (Å²) in [5.41, 5.74) is 0.0966. The molecule has 0 amide bonds. The first kappa shape index (κ1) is 13.6. The quantitative estimate of drug-likeness (QED) is 0.758. The number of aliphatic hydroxyl groups is 1. The van der Waals surface area contributed by atoms with Gasteiger partial charge < -0.3 is 5.11 Å². The van der Waals surface area contributed by atoms with Crippen LogP contribution >= 0.6 is 0 Å². The minimum Gasteiger partial charge on any atom is -0.384 e. The topological polar surface area (TPSA) is 32.6 Å². The van der Waals surface area contributed by atoms with Crippen LogP contribution in [0.4, 0.5) is 0 Å². The molecule has 0 aliphatic heterocycles. The smallest absolute Gasteiger partial charge is 0.0988 e. The van der Waals surface area contributed by atoms with Crippen molar-refractivity contribution in [1.29, 1.82) is 0 Å². The molecule has 0 saturated heterocycles. The van der Waals surface area contributed by atoms with Gasteiger partial charge in [0.05, 0.1) is 5.60 Å². The van der Waals surface area contributed by atoms with E-state index in [0.717, 1.165) is 12.1 Å². The van der Waals surface area contributed by atoms with Crippen molar-refractivity contribution in [3.63, 3.8) is 0 Å². The Kier molecular flexibility index (Phi) is 7.58. The molecule has 0 aromatic carbocycles. The minimum atomic E-state index is -0.700. The molecule has 2 nitrogen and oxygen atoms in total. The molecular weight excluding hydrogens is 264 g/mol. The third kappa shape index (κ3) is 3.97. The first-order valence-corrected chi connectivity index (χ1v) is 3.21. The van der Waals surface area contributed by atoms with Gasteiger partial charge in [-0.3, -0.25) is 4.99 Å². The van der Waals surface area contributed by atoms with Crippen LogP contribution in [0.25, 0.3) is 0 Å². The Hall–Kier alpha value is 0.968. The van der Waals surface area contributed by atoms with E-state index in [1.165, 1.54) is 0 Å². The Morgan fingerprint density at radius 1 is 1.60 bits per heavy atom. The van der Waals surface area contributed by atoms with Gasteiger partial charge in [-0.2, -0.15) is 0 Å². The van der Waals surface area contributed by atoms with Crippen LogP contribution in [0.3, 0.4) is 0 Å². The van der Waals surface area contributed by atoms with E-state index >= 15 is 0 Å². The molecule has 1 unspecified atom stereocenters. The minimum absolute atomic E-state index is 0. The van der Waals surface area contributed by atoms with Crippen LogP contribution in [0.1, 0.15) is 27.2 Å². The SMILES string of the molecule is CCC(C)(O)C(C)=NC.[Sm]. The monoisotopic (exact) mass is 281 g/mol. The van der Waals surface area contributed by atoms with Crippen molar-refractivity contribution < 1.29 is 45.5 Å². The fourth-order valence-corrected chi connectivity index (χ4v) is 0.497. The molecule has 0 aliphatic rings. The van der Waals surface area contributed by atoms with Crippen molar-refractivity contribution in [3.05, 3.63) is 0 Å². The van der Waals surface area contributed by atoms with E-state index < -0.39 is 5.60 Å². The maximum atomic E-state index is 9.46. The molecule has 0 spiro atoms. The van der Waals surface area contributed by atoms with Gasteiger partial charge in [-0.25, -0.2) is 0 Å². The molecule has 0 bridgehead atoms. The van der Waals surface area contributed by atoms with Gasteiger partial charge in [0.25, 0.3) is 0 Å². The van der Waals surface area contributed by atoms with Gasteiger partial charge in [-0.15, -0.1) is 0 Å². The summed E-state index contributed by atoms with van der Waals surface area (Å²) in [5.74, 6) is 0. The Morgan fingerprint density at radius 2 is 2.00 bits per heavy atom. The van der Waals surface area contributed by atoms with E-state index in [0.29, 0.717) is 0 Å². The summed E-state index contributed by atoms with van der Waals surface area (Å²) in [6, 6.07) is 0. The molecule has 10 heavy (non-hydrogen) atoms. The summed E-state index contributed by atoms with van der Waals surface area (Å²) < 4.78 is 0. The van der Waals surface area contributed by atoms with Crippen LogP contribution in [0.2, 0.25) is 0 Å². The molecule has 60 valence electrons. The molecular formula is C7H15NOSm. The van der Waals surface area contributed by atoms with Gasteiger partial charge in [0.15, 0.2) is 0 Å². The van der Waals surface area contributed by atoms with Crippen LogP contribution in [0.15, 0.2) is 4.99 Å².